The van der Waals surface area contributed by atoms with Crippen LogP contribution in [0.15, 0.2) is 175 Å². The first-order valence-electron chi connectivity index (χ1n) is 30.9. The molecule has 8 N–H and O–H groups in total. The second kappa shape index (κ2) is 32.0. The molecule has 30 heteroatoms. The van der Waals surface area contributed by atoms with Gasteiger partial charge in [-0.1, -0.05) is 162 Å². The molecule has 0 aromatic heterocycles. The highest BCUT2D eigenvalue weighted by Gasteiger charge is 2.53. The van der Waals surface area contributed by atoms with Gasteiger partial charge in [-0.25, -0.2) is 65.4 Å². The van der Waals surface area contributed by atoms with Crippen LogP contribution in [0.3, 0.4) is 0 Å². The summed E-state index contributed by atoms with van der Waals surface area (Å²) in [6, 6.07) is 37.8. The van der Waals surface area contributed by atoms with E-state index in [4.69, 9.17) is 11.5 Å². The number of nitrogens with zero attached hydrogens (tertiary/aromatic N) is 4. The molecule has 0 unspecified atom stereocenters. The fourth-order valence-electron chi connectivity index (χ4n) is 9.72. The zero-order valence-corrected chi connectivity index (χ0v) is 62.6. The molecule has 2 saturated heterocycles. The van der Waals surface area contributed by atoms with Gasteiger partial charge in [0, 0.05) is 39.3 Å². The smallest absolute Gasteiger partial charge is 0.277 e. The van der Waals surface area contributed by atoms with Crippen LogP contribution < -0.4 is 26.4 Å². The second-order valence-corrected chi connectivity index (χ2v) is 38.7. The van der Waals surface area contributed by atoms with Crippen molar-refractivity contribution >= 4 is 71.8 Å². The van der Waals surface area contributed by atoms with E-state index < -0.39 is 100 Å². The largest absolute Gasteiger partial charge is 0.330 e. The summed E-state index contributed by atoms with van der Waals surface area (Å²) in [4.78, 5) is 25.6. The van der Waals surface area contributed by atoms with E-state index in [1.807, 2.05) is 41.5 Å². The third-order valence-electron chi connectivity index (χ3n) is 15.9. The quantitative estimate of drug-likeness (QED) is 0.0322. The lowest BCUT2D eigenvalue weighted by molar-refractivity contribution is -0.140. The van der Waals surface area contributed by atoms with Gasteiger partial charge >= 0.3 is 0 Å². The van der Waals surface area contributed by atoms with Gasteiger partial charge in [-0.3, -0.25) is 14.8 Å². The van der Waals surface area contributed by atoms with Crippen molar-refractivity contribution in [3.63, 3.8) is 0 Å². The number of hydroxylamine groups is 1. The number of rotatable bonds is 20. The van der Waals surface area contributed by atoms with Gasteiger partial charge in [0.15, 0.2) is 11.9 Å². The number of amides is 1. The molecule has 6 aromatic carbocycles. The topological polar surface area (TPSA) is 360 Å². The highest BCUT2D eigenvalue weighted by Crippen LogP contribution is 2.38. The summed E-state index contributed by atoms with van der Waals surface area (Å²) in [5.41, 5.74) is 15.5. The first-order valence-corrected chi connectivity index (χ1v) is 39.6. The van der Waals surface area contributed by atoms with Crippen molar-refractivity contribution in [3.05, 3.63) is 179 Å². The first kappa shape index (κ1) is 81.5. The van der Waals surface area contributed by atoms with Crippen LogP contribution >= 0.6 is 0 Å². The van der Waals surface area contributed by atoms with E-state index in [-0.39, 0.29) is 74.1 Å². The van der Waals surface area contributed by atoms with Gasteiger partial charge in [0.25, 0.3) is 5.91 Å². The zero-order chi connectivity index (χ0) is 73.3. The van der Waals surface area contributed by atoms with Crippen molar-refractivity contribution in [2.24, 2.45) is 33.1 Å². The van der Waals surface area contributed by atoms with Gasteiger partial charge in [-0.15, -0.1) is 0 Å². The van der Waals surface area contributed by atoms with Gasteiger partial charge in [0.05, 0.1) is 29.4 Å². The van der Waals surface area contributed by atoms with Gasteiger partial charge < -0.3 is 11.5 Å². The molecule has 97 heavy (non-hydrogen) atoms. The number of carbonyl (C=O) groups is 2. The summed E-state index contributed by atoms with van der Waals surface area (Å²) in [6.07, 6.45) is -3.25. The zero-order valence-electron chi connectivity index (χ0n) is 57.7. The number of ketones is 1. The van der Waals surface area contributed by atoms with Crippen molar-refractivity contribution < 1.29 is 65.3 Å². The molecule has 2 aliphatic rings. The lowest BCUT2D eigenvalue weighted by Gasteiger charge is -2.47. The maximum absolute atomic E-state index is 13.5. The van der Waals surface area contributed by atoms with Gasteiger partial charge in [0.1, 0.15) is 6.17 Å². The van der Waals surface area contributed by atoms with Gasteiger partial charge in [-0.2, -0.15) is 17.2 Å². The Balaban J connectivity index is 0.000000251. The van der Waals surface area contributed by atoms with Gasteiger partial charge in [-0.05, 0) is 156 Å². The summed E-state index contributed by atoms with van der Waals surface area (Å²) >= 11 is 0. The minimum atomic E-state index is -4.28. The fourth-order valence-corrected chi connectivity index (χ4v) is 19.4. The minimum absolute atomic E-state index is 0.0212. The summed E-state index contributed by atoms with van der Waals surface area (Å²) in [7, 11) is -24.1. The molecular weight excluding hydrogens is 1360 g/mol. The number of aryl methyl sites for hydroxylation is 6. The van der Waals surface area contributed by atoms with Crippen LogP contribution in [0, 0.1) is 63.2 Å². The maximum Gasteiger partial charge on any atom is 0.277 e. The van der Waals surface area contributed by atoms with Crippen LogP contribution in [-0.4, -0.2) is 149 Å². The third-order valence-corrected chi connectivity index (χ3v) is 26.0. The Hall–Kier alpha value is -6.20. The monoisotopic (exact) mass is 1460 g/mol. The second-order valence-electron chi connectivity index (χ2n) is 27.6. The SMILES string of the molecule is CC(=O)C1N(S(=O)(=O)c2ccc(C)cc2)CC(C)(C)CN1S(=O)(=O)c1ccc(C)cc1.CC(C)(CN)CN.Cc1ccc(S(=O)(=O)N2CC(C)(C)CN(S(=O)(=O)c3ccc(C)cc3)C2C(=O)NO)cc1.Cc1ccc(S(=O)(=O)NCC(C)(C)CNS(=O)(=O)c2ccc(C)cc2)cc1. The summed E-state index contributed by atoms with van der Waals surface area (Å²) in [6.45, 7) is 28.3. The van der Waals surface area contributed by atoms with E-state index in [1.54, 1.807) is 152 Å². The molecule has 534 valence electrons. The normalized spacial score (nSPS) is 16.5. The third kappa shape index (κ3) is 21.4. The maximum atomic E-state index is 13.5. The summed E-state index contributed by atoms with van der Waals surface area (Å²) in [5.74, 6) is -1.71. The van der Waals surface area contributed by atoms with Crippen LogP contribution in [0.1, 0.15) is 95.7 Å². The number of Topliss-reactive ketones (excluding diaryl/α,β-unsaturated/α-hetero) is 1. The molecule has 0 aliphatic carbocycles. The van der Waals surface area contributed by atoms with Crippen LogP contribution in [0.2, 0.25) is 0 Å². The molecule has 6 aromatic rings. The first-order chi connectivity index (χ1) is 44.6. The minimum Gasteiger partial charge on any atom is -0.330 e. The summed E-state index contributed by atoms with van der Waals surface area (Å²) in [5, 5.41) is 9.36. The molecule has 0 saturated carbocycles. The fraction of sp³-hybridized carbons (Fsp3) is 0.433. The Kier molecular flexibility index (Phi) is 26.9. The van der Waals surface area contributed by atoms with Crippen molar-refractivity contribution in [2.45, 2.75) is 146 Å². The number of benzene rings is 6. The number of hydrogen-bond donors (Lipinski definition) is 6. The molecule has 0 radical (unpaired) electrons. The molecule has 0 bridgehead atoms. The van der Waals surface area contributed by atoms with E-state index in [9.17, 15) is 65.3 Å². The average molecular weight is 1460 g/mol. The Morgan fingerprint density at radius 3 is 0.794 bits per heavy atom. The van der Waals surface area contributed by atoms with Crippen molar-refractivity contribution in [2.75, 3.05) is 52.4 Å². The molecule has 0 atom stereocenters. The van der Waals surface area contributed by atoms with Gasteiger partial charge in [0.2, 0.25) is 60.1 Å². The highest BCUT2D eigenvalue weighted by molar-refractivity contribution is 7.91. The number of nitrogens with one attached hydrogen (secondary N) is 3. The number of sulfonamides is 6. The standard InChI is InChI=1S/C22H28N2O5S2.C21H27N3O6S2.C19H26N2O4S2.C5H14N2/c1-16-6-10-19(11-7-16)30(26,27)23-14-22(4,5)15-24(21(23)18(3)25)31(28,29)20-12-8-17(2)9-13-20;1-15-5-9-17(10-6-15)31(27,28)23-13-21(3,4)14-24(20(23)19(25)22-26)32(29,30)18-11-7-16(2)8-12-18;1-15-5-9-17(10-6-15)26(22,23)20-13-19(3,4)14-21-27(24,25)18-11-7-16(2)8-12-18;1-5(2,3-6)4-7/h6-13,21H,14-15H2,1-5H3;5-12,20,26H,13-14H2,1-4H3,(H,22,25);5-12,20-21H,13-14H2,1-4H3;3-4,6-7H2,1-2H3. The van der Waals surface area contributed by atoms with Crippen LogP contribution in [-0.2, 0) is 69.7 Å². The number of hydrogen-bond acceptors (Lipinski definition) is 17. The van der Waals surface area contributed by atoms with E-state index >= 15 is 0 Å². The van der Waals surface area contributed by atoms with E-state index in [2.05, 4.69) is 9.44 Å². The van der Waals surface area contributed by atoms with Crippen LogP contribution in [0.5, 0.6) is 0 Å². The van der Waals surface area contributed by atoms with E-state index in [1.165, 1.54) is 60.9 Å². The molecular formula is C67H95N9O15S6. The van der Waals surface area contributed by atoms with Crippen LogP contribution in [0.25, 0.3) is 0 Å². The molecule has 24 nitrogen and oxygen atoms in total. The van der Waals surface area contributed by atoms with Crippen molar-refractivity contribution in [3.8, 4) is 0 Å². The van der Waals surface area contributed by atoms with E-state index in [0.29, 0.717) is 13.1 Å². The van der Waals surface area contributed by atoms with Crippen LogP contribution in [0.4, 0.5) is 0 Å². The Morgan fingerprint density at radius 1 is 0.402 bits per heavy atom. The summed E-state index contributed by atoms with van der Waals surface area (Å²) < 4.78 is 166. The lowest BCUT2D eigenvalue weighted by atomic mass is 9.91. The van der Waals surface area contributed by atoms with Crippen molar-refractivity contribution in [1.82, 2.24) is 32.1 Å². The predicted octanol–water partition coefficient (Wildman–Crippen LogP) is 7.31. The number of nitrogens with two attached hydrogens (primary N) is 2. The van der Waals surface area contributed by atoms with Crippen molar-refractivity contribution in [1.29, 1.82) is 0 Å². The highest BCUT2D eigenvalue weighted by atomic mass is 32.2. The molecule has 2 aliphatic heterocycles. The average Bonchev–Trinajstić information content (AvgIpc) is 0.742. The molecule has 8 rings (SSSR count). The molecule has 0 spiro atoms. The number of carbonyl (C=O) groups excluding carboxylic acids is 2. The Labute approximate surface area is 575 Å². The molecule has 2 fully saturated rings. The predicted molar refractivity (Wildman–Crippen MR) is 374 cm³/mol. The Morgan fingerprint density at radius 2 is 0.608 bits per heavy atom. The van der Waals surface area contributed by atoms with E-state index in [0.717, 1.165) is 50.6 Å². The Bertz CT molecular complexity index is 4150. The molecule has 2 heterocycles. The molecule has 1 amide bonds. The lowest BCUT2D eigenvalue weighted by Crippen LogP contribution is -2.67.